The summed E-state index contributed by atoms with van der Waals surface area (Å²) in [5.41, 5.74) is 4.58. The first kappa shape index (κ1) is 15.7. The second-order valence-corrected chi connectivity index (χ2v) is 6.44. The smallest absolute Gasteiger partial charge is 0.338 e. The molecule has 0 spiro atoms. The van der Waals surface area contributed by atoms with Gasteiger partial charge in [-0.05, 0) is 54.2 Å². The van der Waals surface area contributed by atoms with Crippen molar-refractivity contribution in [3.8, 4) is 0 Å². The van der Waals surface area contributed by atoms with Crippen LogP contribution in [0.25, 0.3) is 10.8 Å². The molecule has 0 aromatic heterocycles. The molecule has 2 aliphatic rings. The van der Waals surface area contributed by atoms with Crippen molar-refractivity contribution in [1.29, 1.82) is 0 Å². The minimum absolute atomic E-state index is 0.292. The summed E-state index contributed by atoms with van der Waals surface area (Å²) in [6.45, 7) is 3.80. The quantitative estimate of drug-likeness (QED) is 0.846. The molecular formula is C20H20N2O3. The number of amides is 2. The van der Waals surface area contributed by atoms with E-state index in [0.29, 0.717) is 17.9 Å². The second kappa shape index (κ2) is 5.92. The molecule has 0 saturated heterocycles. The zero-order valence-electron chi connectivity index (χ0n) is 14.3. The SMILES string of the molecule is CCOC(=O)C1=C(C)NC(=O)NC1c1ccc2c3c(cccc13)CC2. The summed E-state index contributed by atoms with van der Waals surface area (Å²) in [5, 5.41) is 7.93. The third-order valence-corrected chi connectivity index (χ3v) is 4.99. The number of allylic oxidation sites excluding steroid dienone is 1. The normalized spacial score (nSPS) is 19.0. The minimum atomic E-state index is -0.516. The lowest BCUT2D eigenvalue weighted by molar-refractivity contribution is -0.139. The molecule has 2 N–H and O–H groups in total. The Labute approximate surface area is 146 Å². The van der Waals surface area contributed by atoms with E-state index >= 15 is 0 Å². The summed E-state index contributed by atoms with van der Waals surface area (Å²) in [6, 6.07) is 9.57. The number of hydrogen-bond donors (Lipinski definition) is 2. The van der Waals surface area contributed by atoms with Crippen LogP contribution in [0.2, 0.25) is 0 Å². The number of carbonyl (C=O) groups excluding carboxylic acids is 2. The molecule has 5 heteroatoms. The highest BCUT2D eigenvalue weighted by molar-refractivity contribution is 5.99. The Morgan fingerprint density at radius 2 is 1.96 bits per heavy atom. The van der Waals surface area contributed by atoms with E-state index in [4.69, 9.17) is 4.74 Å². The number of ether oxygens (including phenoxy) is 1. The predicted octanol–water partition coefficient (Wildman–Crippen LogP) is 3.13. The van der Waals surface area contributed by atoms with E-state index in [9.17, 15) is 9.59 Å². The van der Waals surface area contributed by atoms with Gasteiger partial charge in [-0.3, -0.25) is 0 Å². The first-order valence-electron chi connectivity index (χ1n) is 8.59. The van der Waals surface area contributed by atoms with Crippen LogP contribution in [-0.2, 0) is 22.4 Å². The first-order chi connectivity index (χ1) is 12.1. The van der Waals surface area contributed by atoms with E-state index in [-0.39, 0.29) is 6.03 Å². The molecule has 1 aliphatic carbocycles. The highest BCUT2D eigenvalue weighted by atomic mass is 16.5. The molecule has 1 unspecified atom stereocenters. The molecule has 0 radical (unpaired) electrons. The van der Waals surface area contributed by atoms with Gasteiger partial charge in [-0.25, -0.2) is 9.59 Å². The van der Waals surface area contributed by atoms with E-state index in [1.165, 1.54) is 16.5 Å². The van der Waals surface area contributed by atoms with Crippen LogP contribution in [-0.4, -0.2) is 18.6 Å². The van der Waals surface area contributed by atoms with Crippen molar-refractivity contribution in [3.63, 3.8) is 0 Å². The summed E-state index contributed by atoms with van der Waals surface area (Å²) < 4.78 is 5.22. The highest BCUT2D eigenvalue weighted by Gasteiger charge is 2.33. The van der Waals surface area contributed by atoms with Crippen LogP contribution in [0.4, 0.5) is 4.79 Å². The number of esters is 1. The molecular weight excluding hydrogens is 316 g/mol. The van der Waals surface area contributed by atoms with Gasteiger partial charge in [0.2, 0.25) is 0 Å². The van der Waals surface area contributed by atoms with Gasteiger partial charge < -0.3 is 15.4 Å². The van der Waals surface area contributed by atoms with Crippen molar-refractivity contribution < 1.29 is 14.3 Å². The molecule has 2 aromatic rings. The van der Waals surface area contributed by atoms with Crippen LogP contribution < -0.4 is 10.6 Å². The van der Waals surface area contributed by atoms with E-state index in [0.717, 1.165) is 23.8 Å². The molecule has 2 aromatic carbocycles. The summed E-state index contributed by atoms with van der Waals surface area (Å²) in [6.07, 6.45) is 2.07. The van der Waals surface area contributed by atoms with E-state index in [1.54, 1.807) is 13.8 Å². The topological polar surface area (TPSA) is 67.4 Å². The highest BCUT2D eigenvalue weighted by Crippen LogP contribution is 2.38. The lowest BCUT2D eigenvalue weighted by Crippen LogP contribution is -2.45. The van der Waals surface area contributed by atoms with E-state index in [2.05, 4.69) is 28.8 Å². The molecule has 2 amide bonds. The molecule has 0 bridgehead atoms. The van der Waals surface area contributed by atoms with E-state index < -0.39 is 12.0 Å². The maximum Gasteiger partial charge on any atom is 0.338 e. The Bertz CT molecular complexity index is 920. The van der Waals surface area contributed by atoms with Crippen molar-refractivity contribution in [2.24, 2.45) is 0 Å². The Hall–Kier alpha value is -2.82. The fourth-order valence-electron chi connectivity index (χ4n) is 3.93. The van der Waals surface area contributed by atoms with Crippen LogP contribution in [0, 0.1) is 0 Å². The number of aryl methyl sites for hydroxylation is 2. The summed E-state index contributed by atoms with van der Waals surface area (Å²) >= 11 is 0. The van der Waals surface area contributed by atoms with Crippen LogP contribution >= 0.6 is 0 Å². The Kier molecular flexibility index (Phi) is 3.71. The van der Waals surface area contributed by atoms with Crippen molar-refractivity contribution in [2.45, 2.75) is 32.7 Å². The maximum atomic E-state index is 12.5. The van der Waals surface area contributed by atoms with Gasteiger partial charge in [0.25, 0.3) is 0 Å². The van der Waals surface area contributed by atoms with Crippen LogP contribution in [0.15, 0.2) is 41.6 Å². The molecule has 5 nitrogen and oxygen atoms in total. The lowest BCUT2D eigenvalue weighted by Gasteiger charge is -2.29. The van der Waals surface area contributed by atoms with Crippen molar-refractivity contribution in [2.75, 3.05) is 6.61 Å². The van der Waals surface area contributed by atoms with Crippen molar-refractivity contribution in [1.82, 2.24) is 10.6 Å². The van der Waals surface area contributed by atoms with Gasteiger partial charge in [0.05, 0.1) is 18.2 Å². The van der Waals surface area contributed by atoms with Gasteiger partial charge >= 0.3 is 12.0 Å². The second-order valence-electron chi connectivity index (χ2n) is 6.44. The molecule has 1 aliphatic heterocycles. The number of urea groups is 1. The van der Waals surface area contributed by atoms with Gasteiger partial charge in [0.1, 0.15) is 0 Å². The maximum absolute atomic E-state index is 12.5. The van der Waals surface area contributed by atoms with Crippen LogP contribution in [0.5, 0.6) is 0 Å². The van der Waals surface area contributed by atoms with Crippen LogP contribution in [0.3, 0.4) is 0 Å². The zero-order chi connectivity index (χ0) is 17.6. The monoisotopic (exact) mass is 336 g/mol. The fraction of sp³-hybridized carbons (Fsp3) is 0.300. The third kappa shape index (κ3) is 2.47. The Morgan fingerprint density at radius 3 is 2.72 bits per heavy atom. The number of rotatable bonds is 3. The molecule has 1 heterocycles. The predicted molar refractivity (Wildman–Crippen MR) is 95.1 cm³/mol. The molecule has 4 rings (SSSR count). The number of hydrogen-bond acceptors (Lipinski definition) is 3. The molecule has 0 fully saturated rings. The average molecular weight is 336 g/mol. The first-order valence-corrected chi connectivity index (χ1v) is 8.59. The van der Waals surface area contributed by atoms with Crippen LogP contribution in [0.1, 0.15) is 36.6 Å². The van der Waals surface area contributed by atoms with Gasteiger partial charge in [0, 0.05) is 5.70 Å². The number of nitrogens with one attached hydrogen (secondary N) is 2. The zero-order valence-corrected chi connectivity index (χ0v) is 14.3. The van der Waals surface area contributed by atoms with Gasteiger partial charge in [-0.2, -0.15) is 0 Å². The molecule has 25 heavy (non-hydrogen) atoms. The van der Waals surface area contributed by atoms with Gasteiger partial charge in [0.15, 0.2) is 0 Å². The molecule has 128 valence electrons. The van der Waals surface area contributed by atoms with Gasteiger partial charge in [-0.15, -0.1) is 0 Å². The summed E-state index contributed by atoms with van der Waals surface area (Å²) in [7, 11) is 0. The number of carbonyl (C=O) groups is 2. The largest absolute Gasteiger partial charge is 0.463 e. The Balaban J connectivity index is 1.91. The minimum Gasteiger partial charge on any atom is -0.463 e. The van der Waals surface area contributed by atoms with Crippen molar-refractivity contribution >= 4 is 22.8 Å². The molecule has 0 saturated carbocycles. The van der Waals surface area contributed by atoms with Crippen molar-refractivity contribution in [3.05, 3.63) is 58.3 Å². The third-order valence-electron chi connectivity index (χ3n) is 4.99. The number of benzene rings is 2. The fourth-order valence-corrected chi connectivity index (χ4v) is 3.93. The Morgan fingerprint density at radius 1 is 1.20 bits per heavy atom. The summed E-state index contributed by atoms with van der Waals surface area (Å²) in [5.74, 6) is -0.402. The standard InChI is InChI=1S/C20H20N2O3/c1-3-25-19(23)16-11(2)21-20(24)22-18(16)15-10-9-13-8-7-12-5-4-6-14(15)17(12)13/h4-6,9-10,18H,3,7-8H2,1-2H3,(H2,21,22,24). The summed E-state index contributed by atoms with van der Waals surface area (Å²) in [4.78, 5) is 24.6. The van der Waals surface area contributed by atoms with Gasteiger partial charge in [-0.1, -0.05) is 30.3 Å². The van der Waals surface area contributed by atoms with E-state index in [1.807, 2.05) is 12.1 Å². The lowest BCUT2D eigenvalue weighted by atomic mass is 9.90. The average Bonchev–Trinajstić information content (AvgIpc) is 3.00. The molecule has 1 atom stereocenters.